The van der Waals surface area contributed by atoms with E-state index in [1.54, 1.807) is 67.3 Å². The van der Waals surface area contributed by atoms with E-state index in [0.29, 0.717) is 23.5 Å². The largest absolute Gasteiger partial charge is 0.507 e. The maximum absolute atomic E-state index is 13.2. The summed E-state index contributed by atoms with van der Waals surface area (Å²) in [5.41, 5.74) is 2.87. The van der Waals surface area contributed by atoms with Crippen LogP contribution in [0, 0.1) is 0 Å². The van der Waals surface area contributed by atoms with Gasteiger partial charge in [0.25, 0.3) is 11.7 Å². The fraction of sp³-hybridized carbons (Fsp3) is 0.103. The Balaban J connectivity index is 1.47. The van der Waals surface area contributed by atoms with E-state index in [1.807, 2.05) is 36.4 Å². The molecule has 5 rings (SSSR count). The predicted molar refractivity (Wildman–Crippen MR) is 134 cm³/mol. The summed E-state index contributed by atoms with van der Waals surface area (Å²) in [6.07, 6.45) is 6.50. The molecule has 178 valence electrons. The molecule has 0 saturated carbocycles. The molecular weight excluding hydrogens is 454 g/mol. The van der Waals surface area contributed by atoms with Gasteiger partial charge in [-0.05, 0) is 53.1 Å². The van der Waals surface area contributed by atoms with Crippen LogP contribution < -0.4 is 4.74 Å². The highest BCUT2D eigenvalue weighted by atomic mass is 16.5. The van der Waals surface area contributed by atoms with E-state index in [9.17, 15) is 14.7 Å². The second kappa shape index (κ2) is 10.2. The monoisotopic (exact) mass is 477 g/mol. The minimum atomic E-state index is -0.784. The van der Waals surface area contributed by atoms with Crippen LogP contribution in [0.3, 0.4) is 0 Å². The molecule has 3 heterocycles. The standard InChI is InChI=1S/C29H23N3O4/c33-27(22-10-12-24(13-11-22)36-19-20-6-2-1-3-7-20)25-26(23-9-5-15-31-17-23)32(29(35)28(25)34)18-21-8-4-14-30-16-21/h1-17,26,33H,18-19H2. The Morgan fingerprint density at radius 2 is 1.53 bits per heavy atom. The number of nitrogens with zero attached hydrogens (tertiary/aromatic N) is 3. The first kappa shape index (κ1) is 23.0. The molecule has 2 aromatic heterocycles. The number of hydrogen-bond donors (Lipinski definition) is 1. The lowest BCUT2D eigenvalue weighted by atomic mass is 9.96. The highest BCUT2D eigenvalue weighted by molar-refractivity contribution is 6.46. The maximum Gasteiger partial charge on any atom is 0.295 e. The Kier molecular flexibility index (Phi) is 6.53. The molecule has 1 saturated heterocycles. The topological polar surface area (TPSA) is 92.6 Å². The van der Waals surface area contributed by atoms with Gasteiger partial charge in [0.05, 0.1) is 11.6 Å². The van der Waals surface area contributed by atoms with E-state index in [2.05, 4.69) is 9.97 Å². The number of carbonyl (C=O) groups excluding carboxylic acids is 2. The molecule has 7 heteroatoms. The van der Waals surface area contributed by atoms with Crippen molar-refractivity contribution < 1.29 is 19.4 Å². The highest BCUT2D eigenvalue weighted by Gasteiger charge is 2.46. The van der Waals surface area contributed by atoms with Crippen molar-refractivity contribution in [1.82, 2.24) is 14.9 Å². The number of aromatic nitrogens is 2. The third-order valence-corrected chi connectivity index (χ3v) is 5.99. The fourth-order valence-corrected chi connectivity index (χ4v) is 4.22. The molecule has 1 fully saturated rings. The Morgan fingerprint density at radius 1 is 0.833 bits per heavy atom. The van der Waals surface area contributed by atoms with Gasteiger partial charge in [0.15, 0.2) is 0 Å². The van der Waals surface area contributed by atoms with Crippen molar-refractivity contribution in [2.24, 2.45) is 0 Å². The summed E-state index contributed by atoms with van der Waals surface area (Å²) in [6, 6.07) is 22.9. The minimum absolute atomic E-state index is 0.0230. The molecule has 0 radical (unpaired) electrons. The normalized spacial score (nSPS) is 16.8. The van der Waals surface area contributed by atoms with E-state index in [4.69, 9.17) is 4.74 Å². The van der Waals surface area contributed by atoms with Crippen LogP contribution >= 0.6 is 0 Å². The Hall–Kier alpha value is -4.78. The minimum Gasteiger partial charge on any atom is -0.507 e. The summed E-state index contributed by atoms with van der Waals surface area (Å²) < 4.78 is 5.82. The number of pyridine rings is 2. The number of benzene rings is 2. The maximum atomic E-state index is 13.2. The van der Waals surface area contributed by atoms with Crippen LogP contribution in [0.2, 0.25) is 0 Å². The second-order valence-corrected chi connectivity index (χ2v) is 8.37. The summed E-state index contributed by atoms with van der Waals surface area (Å²) in [5, 5.41) is 11.2. The molecule has 1 unspecified atom stereocenters. The van der Waals surface area contributed by atoms with E-state index < -0.39 is 17.7 Å². The van der Waals surface area contributed by atoms with Crippen molar-refractivity contribution in [3.8, 4) is 5.75 Å². The molecule has 0 bridgehead atoms. The number of hydrogen-bond acceptors (Lipinski definition) is 6. The zero-order chi connectivity index (χ0) is 24.9. The molecule has 2 aromatic carbocycles. The van der Waals surface area contributed by atoms with Crippen molar-refractivity contribution in [1.29, 1.82) is 0 Å². The summed E-state index contributed by atoms with van der Waals surface area (Å²) in [5.74, 6) is -1.05. The van der Waals surface area contributed by atoms with Crippen molar-refractivity contribution in [2.45, 2.75) is 19.2 Å². The van der Waals surface area contributed by atoms with Gasteiger partial charge in [-0.2, -0.15) is 0 Å². The summed E-state index contributed by atoms with van der Waals surface area (Å²) in [4.78, 5) is 36.0. The van der Waals surface area contributed by atoms with E-state index in [0.717, 1.165) is 11.1 Å². The van der Waals surface area contributed by atoms with Gasteiger partial charge in [-0.1, -0.05) is 42.5 Å². The Morgan fingerprint density at radius 3 is 2.19 bits per heavy atom. The summed E-state index contributed by atoms with van der Waals surface area (Å²) in [6.45, 7) is 0.577. The first-order valence-corrected chi connectivity index (χ1v) is 11.5. The molecule has 7 nitrogen and oxygen atoms in total. The van der Waals surface area contributed by atoms with Crippen LogP contribution in [0.1, 0.15) is 28.3 Å². The summed E-state index contributed by atoms with van der Waals surface area (Å²) >= 11 is 0. The quantitative estimate of drug-likeness (QED) is 0.236. The average Bonchev–Trinajstić information content (AvgIpc) is 3.18. The van der Waals surface area contributed by atoms with Gasteiger partial charge in [0.1, 0.15) is 18.1 Å². The molecule has 1 atom stereocenters. The van der Waals surface area contributed by atoms with Crippen LogP contribution in [-0.2, 0) is 22.7 Å². The predicted octanol–water partition coefficient (Wildman–Crippen LogP) is 4.68. The van der Waals surface area contributed by atoms with Crippen molar-refractivity contribution in [3.05, 3.63) is 131 Å². The molecule has 4 aromatic rings. The molecule has 1 aliphatic rings. The van der Waals surface area contributed by atoms with Gasteiger partial charge < -0.3 is 14.7 Å². The number of Topliss-reactive ketones (excluding diaryl/α,β-unsaturated/α-hetero) is 1. The zero-order valence-corrected chi connectivity index (χ0v) is 19.3. The van der Waals surface area contributed by atoms with Gasteiger partial charge in [-0.25, -0.2) is 0 Å². The van der Waals surface area contributed by atoms with Crippen LogP contribution in [0.5, 0.6) is 5.75 Å². The first-order valence-electron chi connectivity index (χ1n) is 11.5. The van der Waals surface area contributed by atoms with Crippen molar-refractivity contribution >= 4 is 17.4 Å². The Bertz CT molecular complexity index is 1390. The van der Waals surface area contributed by atoms with Crippen molar-refractivity contribution in [3.63, 3.8) is 0 Å². The van der Waals surface area contributed by atoms with E-state index >= 15 is 0 Å². The number of aliphatic hydroxyl groups excluding tert-OH is 1. The average molecular weight is 478 g/mol. The highest BCUT2D eigenvalue weighted by Crippen LogP contribution is 2.40. The fourth-order valence-electron chi connectivity index (χ4n) is 4.22. The number of likely N-dealkylation sites (tertiary alicyclic amines) is 1. The molecular formula is C29H23N3O4. The third-order valence-electron chi connectivity index (χ3n) is 5.99. The third kappa shape index (κ3) is 4.72. The van der Waals surface area contributed by atoms with Gasteiger partial charge >= 0.3 is 0 Å². The molecule has 1 amide bonds. The van der Waals surface area contributed by atoms with Crippen molar-refractivity contribution in [2.75, 3.05) is 0 Å². The van der Waals surface area contributed by atoms with E-state index in [-0.39, 0.29) is 17.9 Å². The van der Waals surface area contributed by atoms with Crippen LogP contribution in [-0.4, -0.2) is 31.7 Å². The number of amides is 1. The summed E-state index contributed by atoms with van der Waals surface area (Å²) in [7, 11) is 0. The number of ketones is 1. The van der Waals surface area contributed by atoms with Crippen LogP contribution in [0.25, 0.3) is 5.76 Å². The molecule has 1 aliphatic heterocycles. The molecule has 1 N–H and O–H groups in total. The van der Waals surface area contributed by atoms with Gasteiger partial charge in [0.2, 0.25) is 0 Å². The molecule has 0 aliphatic carbocycles. The number of carbonyl (C=O) groups is 2. The smallest absolute Gasteiger partial charge is 0.295 e. The number of ether oxygens (including phenoxy) is 1. The molecule has 36 heavy (non-hydrogen) atoms. The van der Waals surface area contributed by atoms with Gasteiger partial charge in [-0.15, -0.1) is 0 Å². The number of aliphatic hydroxyl groups is 1. The SMILES string of the molecule is O=C1C(=O)N(Cc2cccnc2)C(c2cccnc2)C1=C(O)c1ccc(OCc2ccccc2)cc1. The Labute approximate surface area is 208 Å². The number of rotatable bonds is 7. The van der Waals surface area contributed by atoms with Crippen LogP contribution in [0.15, 0.2) is 109 Å². The van der Waals surface area contributed by atoms with Gasteiger partial charge in [0, 0.05) is 36.9 Å². The van der Waals surface area contributed by atoms with Gasteiger partial charge in [-0.3, -0.25) is 19.6 Å². The lowest BCUT2D eigenvalue weighted by molar-refractivity contribution is -0.140. The zero-order valence-electron chi connectivity index (χ0n) is 19.3. The molecule has 0 spiro atoms. The lowest BCUT2D eigenvalue weighted by Crippen LogP contribution is -2.29. The first-order chi connectivity index (χ1) is 17.6. The lowest BCUT2D eigenvalue weighted by Gasteiger charge is -2.25. The second-order valence-electron chi connectivity index (χ2n) is 8.37. The van der Waals surface area contributed by atoms with Crippen LogP contribution in [0.4, 0.5) is 0 Å². The van der Waals surface area contributed by atoms with E-state index in [1.165, 1.54) is 4.90 Å².